The number of unbranched alkanes of at least 4 members (excludes halogenated alkanes) is 33. The molecular weight excluding hydrogens is 558 g/mol. The molecule has 0 aliphatic rings. The van der Waals surface area contributed by atoms with Crippen LogP contribution in [0.2, 0.25) is 0 Å². The van der Waals surface area contributed by atoms with Gasteiger partial charge >= 0.3 is 0 Å². The third kappa shape index (κ3) is 40.2. The summed E-state index contributed by atoms with van der Waals surface area (Å²) in [6.45, 7) is 5.44. The zero-order chi connectivity index (χ0) is 31.4. The summed E-state index contributed by atoms with van der Waals surface area (Å²) in [4.78, 5) is 0. The predicted octanol–water partition coefficient (Wildman–Crippen LogP) is 10.7. The molecule has 0 spiro atoms. The van der Waals surface area contributed by atoms with Gasteiger partial charge in [-0.05, 0) is 32.1 Å². The van der Waals surface area contributed by atoms with E-state index in [-0.39, 0.29) is 12.4 Å². The summed E-state index contributed by atoms with van der Waals surface area (Å²) in [5.41, 5.74) is 0. The van der Waals surface area contributed by atoms with E-state index in [9.17, 15) is 0 Å². The standard InChI is InChI=1S/C41H86NO.ClH/c1-4-5-6-7-8-9-10-11-12-18-21-24-27-30-33-36-39-42(2,3)40-37-34-31-28-25-22-19-16-14-13-15-17-20-23-26-29-32-35-38-41-43;/h43H,4-41H2,1-3H3;1H/q+1;/p-1. The molecule has 0 fully saturated rings. The lowest BCUT2D eigenvalue weighted by molar-refractivity contribution is -0.890. The zero-order valence-electron chi connectivity index (χ0n) is 31.1. The normalized spacial score (nSPS) is 11.7. The van der Waals surface area contributed by atoms with Gasteiger partial charge in [-0.1, -0.05) is 200 Å². The minimum absolute atomic E-state index is 0. The summed E-state index contributed by atoms with van der Waals surface area (Å²) < 4.78 is 1.24. The molecule has 0 aliphatic carbocycles. The molecular formula is C41H86ClNO. The number of hydrogen-bond donors (Lipinski definition) is 1. The van der Waals surface area contributed by atoms with Gasteiger partial charge in [-0.2, -0.15) is 0 Å². The molecule has 0 rings (SSSR count). The highest BCUT2D eigenvalue weighted by atomic mass is 35.5. The predicted molar refractivity (Wildman–Crippen MR) is 196 cm³/mol. The molecule has 2 nitrogen and oxygen atoms in total. The maximum absolute atomic E-state index is 8.81. The van der Waals surface area contributed by atoms with E-state index in [2.05, 4.69) is 21.0 Å². The Bertz CT molecular complexity index is 497. The van der Waals surface area contributed by atoms with Crippen LogP contribution in [0.4, 0.5) is 0 Å². The first-order valence-corrected chi connectivity index (χ1v) is 20.6. The number of rotatable bonds is 38. The van der Waals surface area contributed by atoms with Gasteiger partial charge in [0.1, 0.15) is 0 Å². The number of halogens is 1. The fourth-order valence-corrected chi connectivity index (χ4v) is 6.86. The highest BCUT2D eigenvalue weighted by molar-refractivity contribution is 4.53. The molecule has 0 aromatic carbocycles. The van der Waals surface area contributed by atoms with Gasteiger partial charge in [0.2, 0.25) is 0 Å². The van der Waals surface area contributed by atoms with Gasteiger partial charge < -0.3 is 22.0 Å². The molecule has 0 unspecified atom stereocenters. The lowest BCUT2D eigenvalue weighted by Crippen LogP contribution is -3.00. The van der Waals surface area contributed by atoms with Crippen LogP contribution in [-0.4, -0.2) is 43.4 Å². The van der Waals surface area contributed by atoms with Gasteiger partial charge in [0.15, 0.2) is 0 Å². The van der Waals surface area contributed by atoms with Crippen LogP contribution in [0.3, 0.4) is 0 Å². The van der Waals surface area contributed by atoms with Gasteiger partial charge in [-0.15, -0.1) is 0 Å². The van der Waals surface area contributed by atoms with E-state index in [1.54, 1.807) is 0 Å². The van der Waals surface area contributed by atoms with Crippen LogP contribution in [0.25, 0.3) is 0 Å². The number of aliphatic hydroxyl groups excluding tert-OH is 1. The lowest BCUT2D eigenvalue weighted by Gasteiger charge is -2.30. The van der Waals surface area contributed by atoms with Crippen molar-refractivity contribution in [2.24, 2.45) is 0 Å². The first-order valence-electron chi connectivity index (χ1n) is 20.6. The van der Waals surface area contributed by atoms with Crippen LogP contribution in [-0.2, 0) is 0 Å². The fraction of sp³-hybridized carbons (Fsp3) is 1.00. The molecule has 0 radical (unpaired) electrons. The summed E-state index contributed by atoms with van der Waals surface area (Å²) in [6.07, 6.45) is 50.1. The Morgan fingerprint density at radius 2 is 0.477 bits per heavy atom. The number of quaternary nitrogens is 1. The first kappa shape index (κ1) is 46.3. The first-order chi connectivity index (χ1) is 21.1. The van der Waals surface area contributed by atoms with Crippen LogP contribution in [0.1, 0.15) is 232 Å². The maximum atomic E-state index is 8.81. The second kappa shape index (κ2) is 39.4. The molecule has 0 amide bonds. The summed E-state index contributed by atoms with van der Waals surface area (Å²) in [7, 11) is 4.93. The van der Waals surface area contributed by atoms with Crippen LogP contribution < -0.4 is 12.4 Å². The van der Waals surface area contributed by atoms with Gasteiger partial charge in [-0.3, -0.25) is 0 Å². The molecule has 0 saturated heterocycles. The molecule has 0 saturated carbocycles. The Kier molecular flexibility index (Phi) is 41.5. The van der Waals surface area contributed by atoms with E-state index in [1.165, 1.54) is 236 Å². The van der Waals surface area contributed by atoms with Crippen molar-refractivity contribution in [2.75, 3.05) is 33.8 Å². The summed E-state index contributed by atoms with van der Waals surface area (Å²) in [5, 5.41) is 8.81. The third-order valence-electron chi connectivity index (χ3n) is 10.0. The summed E-state index contributed by atoms with van der Waals surface area (Å²) >= 11 is 0. The van der Waals surface area contributed by atoms with E-state index in [0.29, 0.717) is 6.61 Å². The lowest BCUT2D eigenvalue weighted by atomic mass is 10.0. The summed E-state index contributed by atoms with van der Waals surface area (Å²) in [5.74, 6) is 0. The minimum atomic E-state index is 0. The van der Waals surface area contributed by atoms with E-state index < -0.39 is 0 Å². The van der Waals surface area contributed by atoms with Crippen molar-refractivity contribution >= 4 is 0 Å². The Morgan fingerprint density at radius 3 is 0.682 bits per heavy atom. The third-order valence-corrected chi connectivity index (χ3v) is 10.0. The minimum Gasteiger partial charge on any atom is -1.00 e. The molecule has 0 heterocycles. The van der Waals surface area contributed by atoms with Gasteiger partial charge in [0, 0.05) is 6.61 Å². The molecule has 1 N–H and O–H groups in total. The van der Waals surface area contributed by atoms with Crippen molar-refractivity contribution in [3.8, 4) is 0 Å². The van der Waals surface area contributed by atoms with Crippen molar-refractivity contribution in [2.45, 2.75) is 232 Å². The van der Waals surface area contributed by atoms with Crippen molar-refractivity contribution in [1.29, 1.82) is 0 Å². The number of hydrogen-bond acceptors (Lipinski definition) is 1. The molecule has 0 aliphatic heterocycles. The molecule has 0 bridgehead atoms. The Morgan fingerprint density at radius 1 is 0.295 bits per heavy atom. The zero-order valence-corrected chi connectivity index (χ0v) is 31.9. The van der Waals surface area contributed by atoms with E-state index in [0.717, 1.165) is 6.42 Å². The Hall–Kier alpha value is 0.210. The van der Waals surface area contributed by atoms with Crippen molar-refractivity contribution in [1.82, 2.24) is 0 Å². The highest BCUT2D eigenvalue weighted by Crippen LogP contribution is 2.17. The van der Waals surface area contributed by atoms with Gasteiger partial charge in [0.05, 0.1) is 27.2 Å². The van der Waals surface area contributed by atoms with E-state index in [4.69, 9.17) is 5.11 Å². The maximum Gasteiger partial charge on any atom is 0.0782 e. The molecule has 0 atom stereocenters. The quantitative estimate of drug-likeness (QED) is 0.0524. The molecule has 44 heavy (non-hydrogen) atoms. The molecule has 3 heteroatoms. The monoisotopic (exact) mass is 644 g/mol. The van der Waals surface area contributed by atoms with Gasteiger partial charge in [-0.25, -0.2) is 0 Å². The van der Waals surface area contributed by atoms with Crippen LogP contribution in [0.5, 0.6) is 0 Å². The molecule has 268 valence electrons. The Labute approximate surface area is 286 Å². The number of aliphatic hydroxyl groups is 1. The van der Waals surface area contributed by atoms with Crippen LogP contribution in [0.15, 0.2) is 0 Å². The summed E-state index contributed by atoms with van der Waals surface area (Å²) in [6, 6.07) is 0. The molecule has 0 aromatic rings. The van der Waals surface area contributed by atoms with Gasteiger partial charge in [0.25, 0.3) is 0 Å². The van der Waals surface area contributed by atoms with Crippen LogP contribution >= 0.6 is 0 Å². The largest absolute Gasteiger partial charge is 1.00 e. The van der Waals surface area contributed by atoms with Crippen molar-refractivity contribution in [3.63, 3.8) is 0 Å². The smallest absolute Gasteiger partial charge is 0.0782 e. The van der Waals surface area contributed by atoms with Crippen molar-refractivity contribution < 1.29 is 22.0 Å². The average molecular weight is 645 g/mol. The Balaban J connectivity index is 0. The van der Waals surface area contributed by atoms with Crippen LogP contribution in [0, 0.1) is 0 Å². The molecule has 0 aromatic heterocycles. The SMILES string of the molecule is CCCCCCCCCCCCCCCCCC[N+](C)(C)CCCCCCCCCCCCCCCCCCCCCO.[Cl-]. The highest BCUT2D eigenvalue weighted by Gasteiger charge is 2.13. The van der Waals surface area contributed by atoms with E-state index in [1.807, 2.05) is 0 Å². The van der Waals surface area contributed by atoms with E-state index >= 15 is 0 Å². The second-order valence-electron chi connectivity index (χ2n) is 15.1. The average Bonchev–Trinajstić information content (AvgIpc) is 3.00. The second-order valence-corrected chi connectivity index (χ2v) is 15.1. The topological polar surface area (TPSA) is 20.2 Å². The van der Waals surface area contributed by atoms with Crippen molar-refractivity contribution in [3.05, 3.63) is 0 Å². The number of nitrogens with zero attached hydrogens (tertiary/aromatic N) is 1. The fourth-order valence-electron chi connectivity index (χ4n) is 6.86.